The van der Waals surface area contributed by atoms with Crippen molar-refractivity contribution < 1.29 is 4.79 Å². The summed E-state index contributed by atoms with van der Waals surface area (Å²) in [6.45, 7) is 5.24. The Balaban J connectivity index is 2.09. The van der Waals surface area contributed by atoms with E-state index < -0.39 is 0 Å². The van der Waals surface area contributed by atoms with Gasteiger partial charge in [0.05, 0.1) is 24.1 Å². The van der Waals surface area contributed by atoms with Crippen LogP contribution in [0.4, 0.5) is 5.69 Å². The topological polar surface area (TPSA) is 69.8 Å². The van der Waals surface area contributed by atoms with Crippen LogP contribution in [0.1, 0.15) is 28.5 Å². The highest BCUT2D eigenvalue weighted by Gasteiger charge is 2.11. The average Bonchev–Trinajstić information content (AvgIpc) is 2.90. The van der Waals surface area contributed by atoms with Crippen LogP contribution in [0.15, 0.2) is 30.7 Å². The maximum atomic E-state index is 12.2. The molecular formula is C14H18N4O. The fourth-order valence-electron chi connectivity index (χ4n) is 1.84. The summed E-state index contributed by atoms with van der Waals surface area (Å²) in [5.74, 6) is -0.0921. The molecule has 0 aliphatic rings. The van der Waals surface area contributed by atoms with Crippen molar-refractivity contribution in [2.45, 2.75) is 20.4 Å². The Hall–Kier alpha value is -2.30. The number of carbonyl (C=O) groups excluding carboxylic acids is 1. The molecule has 0 radical (unpaired) electrons. The molecule has 5 nitrogen and oxygen atoms in total. The lowest BCUT2D eigenvalue weighted by Gasteiger charge is -2.11. The van der Waals surface area contributed by atoms with E-state index in [1.165, 1.54) is 0 Å². The number of carbonyl (C=O) groups is 1. The van der Waals surface area contributed by atoms with E-state index in [0.29, 0.717) is 12.1 Å². The molecule has 19 heavy (non-hydrogen) atoms. The quantitative estimate of drug-likeness (QED) is 0.769. The fraction of sp³-hybridized carbons (Fsp3) is 0.286. The fourth-order valence-corrected chi connectivity index (χ4v) is 1.84. The standard InChI is InChI=1S/C14H18N4O/c1-3-16-13-6-10(2)4-5-12(13)14(19)17-8-11-7-15-9-18-11/h4-7,9,16H,3,8H2,1-2H3,(H,15,18)(H,17,19). The molecule has 0 unspecified atom stereocenters. The van der Waals surface area contributed by atoms with Gasteiger partial charge in [-0.05, 0) is 31.5 Å². The monoisotopic (exact) mass is 258 g/mol. The Bertz CT molecular complexity index is 549. The lowest BCUT2D eigenvalue weighted by Crippen LogP contribution is -2.24. The van der Waals surface area contributed by atoms with Crippen LogP contribution < -0.4 is 10.6 Å². The zero-order valence-electron chi connectivity index (χ0n) is 11.2. The number of nitrogens with one attached hydrogen (secondary N) is 3. The second kappa shape index (κ2) is 6.04. The van der Waals surface area contributed by atoms with Gasteiger partial charge < -0.3 is 15.6 Å². The van der Waals surface area contributed by atoms with Gasteiger partial charge in [-0.15, -0.1) is 0 Å². The predicted molar refractivity (Wildman–Crippen MR) is 75.1 cm³/mol. The number of hydrogen-bond donors (Lipinski definition) is 3. The number of aryl methyl sites for hydroxylation is 1. The summed E-state index contributed by atoms with van der Waals surface area (Å²) in [5.41, 5.74) is 3.53. The van der Waals surface area contributed by atoms with Crippen LogP contribution in [0.25, 0.3) is 0 Å². The molecule has 0 saturated heterocycles. The molecule has 1 heterocycles. The smallest absolute Gasteiger partial charge is 0.253 e. The van der Waals surface area contributed by atoms with Crippen molar-refractivity contribution in [3.8, 4) is 0 Å². The zero-order valence-corrected chi connectivity index (χ0v) is 11.2. The van der Waals surface area contributed by atoms with E-state index >= 15 is 0 Å². The van der Waals surface area contributed by atoms with E-state index in [4.69, 9.17) is 0 Å². The van der Waals surface area contributed by atoms with Gasteiger partial charge in [0.25, 0.3) is 5.91 Å². The van der Waals surface area contributed by atoms with Crippen molar-refractivity contribution in [1.29, 1.82) is 0 Å². The van der Waals surface area contributed by atoms with E-state index in [2.05, 4.69) is 20.6 Å². The summed E-state index contributed by atoms with van der Waals surface area (Å²) in [5, 5.41) is 6.08. The van der Waals surface area contributed by atoms with Crippen molar-refractivity contribution in [2.75, 3.05) is 11.9 Å². The molecule has 1 aromatic carbocycles. The van der Waals surface area contributed by atoms with E-state index in [9.17, 15) is 4.79 Å². The van der Waals surface area contributed by atoms with Crippen molar-refractivity contribution in [2.24, 2.45) is 0 Å². The number of amides is 1. The first kappa shape index (κ1) is 13.1. The van der Waals surface area contributed by atoms with Gasteiger partial charge in [0.1, 0.15) is 0 Å². The molecule has 2 aromatic rings. The van der Waals surface area contributed by atoms with Crippen molar-refractivity contribution in [3.63, 3.8) is 0 Å². The molecule has 1 aromatic heterocycles. The number of nitrogens with zero attached hydrogens (tertiary/aromatic N) is 1. The molecule has 0 bridgehead atoms. The molecule has 100 valence electrons. The van der Waals surface area contributed by atoms with Gasteiger partial charge in [-0.25, -0.2) is 4.98 Å². The molecule has 3 N–H and O–H groups in total. The lowest BCUT2D eigenvalue weighted by molar-refractivity contribution is 0.0951. The summed E-state index contributed by atoms with van der Waals surface area (Å²) in [7, 11) is 0. The average molecular weight is 258 g/mol. The Morgan fingerprint density at radius 1 is 1.42 bits per heavy atom. The Morgan fingerprint density at radius 2 is 2.26 bits per heavy atom. The summed E-state index contributed by atoms with van der Waals surface area (Å²) < 4.78 is 0. The first-order valence-corrected chi connectivity index (χ1v) is 6.30. The molecule has 0 fully saturated rings. The van der Waals surface area contributed by atoms with E-state index in [1.807, 2.05) is 32.0 Å². The van der Waals surface area contributed by atoms with E-state index in [-0.39, 0.29) is 5.91 Å². The second-order valence-corrected chi connectivity index (χ2v) is 4.34. The molecular weight excluding hydrogens is 240 g/mol. The first-order valence-electron chi connectivity index (χ1n) is 6.30. The van der Waals surface area contributed by atoms with Gasteiger partial charge in [0.2, 0.25) is 0 Å². The van der Waals surface area contributed by atoms with Gasteiger partial charge in [0, 0.05) is 18.4 Å². The Kier molecular flexibility index (Phi) is 4.18. The number of imidazole rings is 1. The molecule has 0 atom stereocenters. The highest BCUT2D eigenvalue weighted by molar-refractivity contribution is 5.99. The number of aromatic nitrogens is 2. The maximum absolute atomic E-state index is 12.2. The minimum Gasteiger partial charge on any atom is -0.385 e. The van der Waals surface area contributed by atoms with E-state index in [0.717, 1.165) is 23.5 Å². The van der Waals surface area contributed by atoms with Crippen LogP contribution in [-0.2, 0) is 6.54 Å². The SMILES string of the molecule is CCNc1cc(C)ccc1C(=O)NCc1cnc[nH]1. The number of rotatable bonds is 5. The number of anilines is 1. The van der Waals surface area contributed by atoms with Gasteiger partial charge >= 0.3 is 0 Å². The van der Waals surface area contributed by atoms with Crippen LogP contribution in [0, 0.1) is 6.92 Å². The van der Waals surface area contributed by atoms with Crippen molar-refractivity contribution in [3.05, 3.63) is 47.5 Å². The molecule has 0 spiro atoms. The van der Waals surface area contributed by atoms with Crippen molar-refractivity contribution >= 4 is 11.6 Å². The number of hydrogen-bond acceptors (Lipinski definition) is 3. The summed E-state index contributed by atoms with van der Waals surface area (Å²) in [4.78, 5) is 19.0. The molecule has 0 saturated carbocycles. The molecule has 0 aliphatic heterocycles. The van der Waals surface area contributed by atoms with Crippen LogP contribution in [0.2, 0.25) is 0 Å². The van der Waals surface area contributed by atoms with Gasteiger partial charge in [0.15, 0.2) is 0 Å². The third-order valence-electron chi connectivity index (χ3n) is 2.78. The Labute approximate surface area is 112 Å². The first-order chi connectivity index (χ1) is 9.20. The Morgan fingerprint density at radius 3 is 2.95 bits per heavy atom. The van der Waals surface area contributed by atoms with E-state index in [1.54, 1.807) is 12.5 Å². The lowest BCUT2D eigenvalue weighted by atomic mass is 10.1. The third-order valence-corrected chi connectivity index (χ3v) is 2.78. The number of H-pyrrole nitrogens is 1. The highest BCUT2D eigenvalue weighted by atomic mass is 16.1. The third kappa shape index (κ3) is 3.34. The van der Waals surface area contributed by atoms with Crippen LogP contribution >= 0.6 is 0 Å². The van der Waals surface area contributed by atoms with Crippen LogP contribution in [0.5, 0.6) is 0 Å². The minimum absolute atomic E-state index is 0.0921. The predicted octanol–water partition coefficient (Wildman–Crippen LogP) is 2.08. The maximum Gasteiger partial charge on any atom is 0.253 e. The summed E-state index contributed by atoms with van der Waals surface area (Å²) >= 11 is 0. The molecule has 0 aliphatic carbocycles. The molecule has 2 rings (SSSR count). The number of aromatic amines is 1. The largest absolute Gasteiger partial charge is 0.385 e. The van der Waals surface area contributed by atoms with Crippen LogP contribution in [-0.4, -0.2) is 22.4 Å². The number of benzene rings is 1. The highest BCUT2D eigenvalue weighted by Crippen LogP contribution is 2.17. The summed E-state index contributed by atoms with van der Waals surface area (Å²) in [6.07, 6.45) is 3.29. The van der Waals surface area contributed by atoms with Gasteiger partial charge in [-0.3, -0.25) is 4.79 Å². The van der Waals surface area contributed by atoms with Gasteiger partial charge in [-0.2, -0.15) is 0 Å². The van der Waals surface area contributed by atoms with Crippen LogP contribution in [0.3, 0.4) is 0 Å². The second-order valence-electron chi connectivity index (χ2n) is 4.34. The van der Waals surface area contributed by atoms with Gasteiger partial charge in [-0.1, -0.05) is 6.07 Å². The summed E-state index contributed by atoms with van der Waals surface area (Å²) in [6, 6.07) is 5.76. The minimum atomic E-state index is -0.0921. The molecule has 5 heteroatoms. The normalized spacial score (nSPS) is 10.2. The molecule has 1 amide bonds. The zero-order chi connectivity index (χ0) is 13.7. The van der Waals surface area contributed by atoms with Crippen molar-refractivity contribution in [1.82, 2.24) is 15.3 Å².